The summed E-state index contributed by atoms with van der Waals surface area (Å²) in [5, 5.41) is 11.3. The van der Waals surface area contributed by atoms with Crippen molar-refractivity contribution in [2.24, 2.45) is 5.73 Å². The van der Waals surface area contributed by atoms with Gasteiger partial charge < -0.3 is 16.2 Å². The molecule has 0 aliphatic heterocycles. The van der Waals surface area contributed by atoms with Gasteiger partial charge in [-0.1, -0.05) is 0 Å². The fourth-order valence-electron chi connectivity index (χ4n) is 0.507. The predicted molar refractivity (Wildman–Crippen MR) is 43.4 cm³/mol. The SMILES string of the molecule is C[C@@H](O)[C@H](N)C(=O)NCCCl. The van der Waals surface area contributed by atoms with Gasteiger partial charge in [0.25, 0.3) is 0 Å². The largest absolute Gasteiger partial charge is 0.391 e. The van der Waals surface area contributed by atoms with Crippen molar-refractivity contribution in [2.75, 3.05) is 12.4 Å². The van der Waals surface area contributed by atoms with E-state index in [-0.39, 0.29) is 5.91 Å². The average Bonchev–Trinajstić information content (AvgIpc) is 1.98. The van der Waals surface area contributed by atoms with Crippen molar-refractivity contribution < 1.29 is 9.90 Å². The van der Waals surface area contributed by atoms with Crippen LogP contribution in [-0.2, 0) is 4.79 Å². The van der Waals surface area contributed by atoms with Gasteiger partial charge in [0.1, 0.15) is 6.04 Å². The summed E-state index contributed by atoms with van der Waals surface area (Å²) in [5.74, 6) is -0.0289. The Morgan fingerprint density at radius 2 is 2.36 bits per heavy atom. The minimum absolute atomic E-state index is 0.346. The first-order valence-electron chi connectivity index (χ1n) is 3.37. The topological polar surface area (TPSA) is 75.3 Å². The molecule has 0 spiro atoms. The van der Waals surface area contributed by atoms with Crippen LogP contribution < -0.4 is 11.1 Å². The Bertz CT molecular complexity index is 130. The van der Waals surface area contributed by atoms with Crippen LogP contribution in [0.5, 0.6) is 0 Å². The fraction of sp³-hybridized carbons (Fsp3) is 0.833. The van der Waals surface area contributed by atoms with Crippen LogP contribution in [0.4, 0.5) is 0 Å². The summed E-state index contributed by atoms with van der Waals surface area (Å²) in [6.07, 6.45) is -0.828. The molecule has 0 aromatic rings. The van der Waals surface area contributed by atoms with Crippen LogP contribution in [0.1, 0.15) is 6.92 Å². The van der Waals surface area contributed by atoms with Crippen LogP contribution in [-0.4, -0.2) is 35.6 Å². The molecule has 0 heterocycles. The van der Waals surface area contributed by atoms with Gasteiger partial charge in [0.2, 0.25) is 5.91 Å². The molecule has 0 aromatic heterocycles. The molecule has 0 bridgehead atoms. The van der Waals surface area contributed by atoms with Crippen molar-refractivity contribution in [3.8, 4) is 0 Å². The normalized spacial score (nSPS) is 15.6. The number of carbonyl (C=O) groups is 1. The molecule has 66 valence electrons. The Morgan fingerprint density at radius 1 is 1.82 bits per heavy atom. The van der Waals surface area contributed by atoms with Crippen molar-refractivity contribution in [2.45, 2.75) is 19.1 Å². The molecule has 0 aliphatic carbocycles. The van der Waals surface area contributed by atoms with E-state index in [4.69, 9.17) is 22.4 Å². The van der Waals surface area contributed by atoms with Gasteiger partial charge in [-0.3, -0.25) is 4.79 Å². The van der Waals surface area contributed by atoms with E-state index in [0.717, 1.165) is 0 Å². The minimum atomic E-state index is -0.863. The lowest BCUT2D eigenvalue weighted by atomic mass is 10.2. The number of carbonyl (C=O) groups excluding carboxylic acids is 1. The van der Waals surface area contributed by atoms with Crippen LogP contribution in [0.2, 0.25) is 0 Å². The van der Waals surface area contributed by atoms with E-state index in [9.17, 15) is 4.79 Å². The smallest absolute Gasteiger partial charge is 0.239 e. The third kappa shape index (κ3) is 4.19. The van der Waals surface area contributed by atoms with Gasteiger partial charge >= 0.3 is 0 Å². The standard InChI is InChI=1S/C6H13ClN2O2/c1-4(10)5(8)6(11)9-3-2-7/h4-5,10H,2-3,8H2,1H3,(H,9,11)/t4-,5+/m1/s1. The zero-order chi connectivity index (χ0) is 8.85. The van der Waals surface area contributed by atoms with E-state index in [1.807, 2.05) is 0 Å². The Kier molecular flexibility index (Phi) is 5.19. The first-order valence-corrected chi connectivity index (χ1v) is 3.90. The third-order valence-electron chi connectivity index (χ3n) is 1.22. The predicted octanol–water partition coefficient (Wildman–Crippen LogP) is -0.950. The zero-order valence-corrected chi connectivity index (χ0v) is 7.14. The first-order chi connectivity index (χ1) is 5.09. The second kappa shape index (κ2) is 5.35. The monoisotopic (exact) mass is 180 g/mol. The maximum absolute atomic E-state index is 10.9. The second-order valence-electron chi connectivity index (χ2n) is 2.25. The molecule has 0 saturated carbocycles. The summed E-state index contributed by atoms with van der Waals surface area (Å²) in [6.45, 7) is 1.84. The van der Waals surface area contributed by atoms with Gasteiger partial charge in [-0.25, -0.2) is 0 Å². The number of hydrogen-bond acceptors (Lipinski definition) is 3. The Labute approximate surface area is 70.7 Å². The Balaban J connectivity index is 3.64. The van der Waals surface area contributed by atoms with Gasteiger partial charge in [-0.05, 0) is 6.92 Å². The van der Waals surface area contributed by atoms with Gasteiger partial charge in [-0.15, -0.1) is 11.6 Å². The van der Waals surface area contributed by atoms with Crippen LogP contribution >= 0.6 is 11.6 Å². The summed E-state index contributed by atoms with van der Waals surface area (Å²) in [4.78, 5) is 10.9. The quantitative estimate of drug-likeness (QED) is 0.489. The number of hydrogen-bond donors (Lipinski definition) is 3. The van der Waals surface area contributed by atoms with Crippen molar-refractivity contribution in [3.63, 3.8) is 0 Å². The van der Waals surface area contributed by atoms with Crippen molar-refractivity contribution in [1.29, 1.82) is 0 Å². The number of halogens is 1. The Hall–Kier alpha value is -0.320. The summed E-state index contributed by atoms with van der Waals surface area (Å²) < 4.78 is 0. The number of alkyl halides is 1. The summed E-state index contributed by atoms with van der Waals surface area (Å²) in [6, 6.07) is -0.863. The first kappa shape index (κ1) is 10.7. The number of rotatable bonds is 4. The van der Waals surface area contributed by atoms with E-state index < -0.39 is 12.1 Å². The van der Waals surface area contributed by atoms with Crippen molar-refractivity contribution in [3.05, 3.63) is 0 Å². The van der Waals surface area contributed by atoms with Crippen molar-refractivity contribution in [1.82, 2.24) is 5.32 Å². The molecular formula is C6H13ClN2O2. The van der Waals surface area contributed by atoms with E-state index >= 15 is 0 Å². The molecule has 0 unspecified atom stereocenters. The van der Waals surface area contributed by atoms with Crippen LogP contribution in [0.15, 0.2) is 0 Å². The minimum Gasteiger partial charge on any atom is -0.391 e. The zero-order valence-electron chi connectivity index (χ0n) is 6.38. The molecule has 4 nitrogen and oxygen atoms in total. The number of amides is 1. The lowest BCUT2D eigenvalue weighted by molar-refractivity contribution is -0.124. The van der Waals surface area contributed by atoms with Crippen LogP contribution in [0.3, 0.4) is 0 Å². The lowest BCUT2D eigenvalue weighted by Gasteiger charge is -2.13. The molecule has 4 N–H and O–H groups in total. The van der Waals surface area contributed by atoms with E-state index in [2.05, 4.69) is 5.32 Å². The van der Waals surface area contributed by atoms with Gasteiger partial charge in [0.15, 0.2) is 0 Å². The fourth-order valence-corrected chi connectivity index (χ4v) is 0.602. The number of nitrogens with two attached hydrogens (primary N) is 1. The molecule has 11 heavy (non-hydrogen) atoms. The van der Waals surface area contributed by atoms with Crippen LogP contribution in [0, 0.1) is 0 Å². The molecule has 0 aromatic carbocycles. The highest BCUT2D eigenvalue weighted by Crippen LogP contribution is 1.87. The maximum atomic E-state index is 10.9. The third-order valence-corrected chi connectivity index (χ3v) is 1.41. The molecule has 0 radical (unpaired) electrons. The highest BCUT2D eigenvalue weighted by atomic mass is 35.5. The molecule has 0 aliphatic rings. The summed E-state index contributed by atoms with van der Waals surface area (Å²) in [7, 11) is 0. The molecule has 0 saturated heterocycles. The van der Waals surface area contributed by atoms with E-state index in [1.54, 1.807) is 0 Å². The number of aliphatic hydroxyl groups excluding tert-OH is 1. The highest BCUT2D eigenvalue weighted by molar-refractivity contribution is 6.18. The molecular weight excluding hydrogens is 168 g/mol. The summed E-state index contributed by atoms with van der Waals surface area (Å²) >= 11 is 5.31. The highest BCUT2D eigenvalue weighted by Gasteiger charge is 2.17. The second-order valence-corrected chi connectivity index (χ2v) is 2.62. The Morgan fingerprint density at radius 3 is 2.73 bits per heavy atom. The molecule has 0 fully saturated rings. The van der Waals surface area contributed by atoms with E-state index in [0.29, 0.717) is 12.4 Å². The number of nitrogens with one attached hydrogen (secondary N) is 1. The van der Waals surface area contributed by atoms with E-state index in [1.165, 1.54) is 6.92 Å². The molecule has 1 amide bonds. The number of aliphatic hydroxyl groups is 1. The molecule has 0 rings (SSSR count). The van der Waals surface area contributed by atoms with Gasteiger partial charge in [0, 0.05) is 12.4 Å². The summed E-state index contributed by atoms with van der Waals surface area (Å²) in [5.41, 5.74) is 5.30. The van der Waals surface area contributed by atoms with Gasteiger partial charge in [0.05, 0.1) is 6.10 Å². The van der Waals surface area contributed by atoms with Gasteiger partial charge in [-0.2, -0.15) is 0 Å². The molecule has 5 heteroatoms. The lowest BCUT2D eigenvalue weighted by Crippen LogP contribution is -2.47. The molecule has 2 atom stereocenters. The van der Waals surface area contributed by atoms with Crippen molar-refractivity contribution >= 4 is 17.5 Å². The van der Waals surface area contributed by atoms with Crippen LogP contribution in [0.25, 0.3) is 0 Å². The maximum Gasteiger partial charge on any atom is 0.239 e. The average molecular weight is 181 g/mol.